The highest BCUT2D eigenvalue weighted by Crippen LogP contribution is 2.30. The maximum absolute atomic E-state index is 8.13. The van der Waals surface area contributed by atoms with Crippen molar-refractivity contribution < 1.29 is 6.85 Å². The van der Waals surface area contributed by atoms with Crippen molar-refractivity contribution in [1.29, 1.82) is 0 Å². The van der Waals surface area contributed by atoms with Crippen molar-refractivity contribution in [1.82, 2.24) is 4.98 Å². The highest BCUT2D eigenvalue weighted by molar-refractivity contribution is 5.96. The van der Waals surface area contributed by atoms with E-state index in [0.717, 1.165) is 27.6 Å². The van der Waals surface area contributed by atoms with E-state index in [2.05, 4.69) is 29.2 Å². The third-order valence-electron chi connectivity index (χ3n) is 3.83. The first-order valence-electron chi connectivity index (χ1n) is 9.91. The number of rotatable bonds is 2. The maximum atomic E-state index is 8.13. The molecular weight excluding hydrogens is 278 g/mol. The summed E-state index contributed by atoms with van der Waals surface area (Å²) in [5, 5.41) is 2.23. The molecule has 110 valence electrons. The molecule has 0 unspecified atom stereocenters. The summed E-state index contributed by atoms with van der Waals surface area (Å²) in [4.78, 5) is 4.54. The summed E-state index contributed by atoms with van der Waals surface area (Å²) in [7, 11) is 0. The van der Waals surface area contributed by atoms with Crippen molar-refractivity contribution in [2.45, 2.75) is 6.92 Å². The molecule has 0 aliphatic rings. The summed E-state index contributed by atoms with van der Waals surface area (Å²) in [5.41, 5.74) is 3.57. The van der Waals surface area contributed by atoms with E-state index in [0.29, 0.717) is 5.56 Å². The van der Waals surface area contributed by atoms with Gasteiger partial charge in [-0.1, -0.05) is 66.6 Å². The number of aromatic nitrogens is 1. The second-order valence-electron chi connectivity index (χ2n) is 5.47. The fraction of sp³-hybridized carbons (Fsp3) is 0.0455. The van der Waals surface area contributed by atoms with Gasteiger partial charge in [0.25, 0.3) is 0 Å². The van der Waals surface area contributed by atoms with Crippen molar-refractivity contribution in [2.75, 3.05) is 0 Å². The number of nitrogens with zero attached hydrogens (tertiary/aromatic N) is 1. The van der Waals surface area contributed by atoms with E-state index in [1.54, 1.807) is 12.3 Å². The van der Waals surface area contributed by atoms with Gasteiger partial charge in [-0.2, -0.15) is 0 Å². The molecule has 0 saturated heterocycles. The third-order valence-corrected chi connectivity index (χ3v) is 3.83. The predicted octanol–water partition coefficient (Wildman–Crippen LogP) is 5.88. The molecule has 1 nitrogen and oxygen atoms in total. The van der Waals surface area contributed by atoms with Crippen molar-refractivity contribution in [3.8, 4) is 22.4 Å². The predicted molar refractivity (Wildman–Crippen MR) is 97.4 cm³/mol. The van der Waals surface area contributed by atoms with Gasteiger partial charge in [0, 0.05) is 17.3 Å². The molecule has 0 radical (unpaired) electrons. The Balaban J connectivity index is 1.86. The van der Waals surface area contributed by atoms with E-state index in [1.807, 2.05) is 25.1 Å². The summed E-state index contributed by atoms with van der Waals surface area (Å²) in [6, 6.07) is 14.4. The molecular formula is C22H17N. The third kappa shape index (κ3) is 2.62. The van der Waals surface area contributed by atoms with Crippen LogP contribution in [0.5, 0.6) is 0 Å². The molecule has 0 aliphatic carbocycles. The van der Waals surface area contributed by atoms with Gasteiger partial charge in [-0.25, -0.2) is 0 Å². The topological polar surface area (TPSA) is 12.9 Å². The van der Waals surface area contributed by atoms with E-state index in [-0.39, 0.29) is 29.7 Å². The Labute approximate surface area is 143 Å². The Morgan fingerprint density at radius 2 is 1.70 bits per heavy atom. The minimum Gasteiger partial charge on any atom is -0.256 e. The van der Waals surface area contributed by atoms with E-state index >= 15 is 0 Å². The van der Waals surface area contributed by atoms with Gasteiger partial charge in [0.15, 0.2) is 0 Å². The molecule has 4 rings (SSSR count). The lowest BCUT2D eigenvalue weighted by Crippen LogP contribution is -1.88. The van der Waals surface area contributed by atoms with Gasteiger partial charge in [-0.05, 0) is 41.0 Å². The minimum absolute atomic E-state index is 0.166. The molecule has 23 heavy (non-hydrogen) atoms. The van der Waals surface area contributed by atoms with Crippen LogP contribution in [-0.2, 0) is 0 Å². The Hall–Kier alpha value is -2.93. The lowest BCUT2D eigenvalue weighted by Gasteiger charge is -2.09. The largest absolute Gasteiger partial charge is 0.256 e. The molecule has 0 aliphatic heterocycles. The quantitative estimate of drug-likeness (QED) is 0.450. The lowest BCUT2D eigenvalue weighted by atomic mass is 9.98. The first-order chi connectivity index (χ1) is 13.4. The van der Waals surface area contributed by atoms with Gasteiger partial charge in [-0.15, -0.1) is 0 Å². The van der Waals surface area contributed by atoms with Crippen LogP contribution in [0.2, 0.25) is 0 Å². The summed E-state index contributed by atoms with van der Waals surface area (Å²) in [6.07, 6.45) is 1.57. The highest BCUT2D eigenvalue weighted by Gasteiger charge is 2.07. The van der Waals surface area contributed by atoms with E-state index in [1.165, 1.54) is 0 Å². The summed E-state index contributed by atoms with van der Waals surface area (Å²) in [5.74, 6) is 0. The van der Waals surface area contributed by atoms with Crippen molar-refractivity contribution >= 4 is 10.8 Å². The molecule has 0 amide bonds. The van der Waals surface area contributed by atoms with Gasteiger partial charge in [0.2, 0.25) is 0 Å². The number of pyridine rings is 1. The number of aryl methyl sites for hydroxylation is 1. The first kappa shape index (κ1) is 9.26. The summed E-state index contributed by atoms with van der Waals surface area (Å²) in [6.45, 7) is 2.04. The van der Waals surface area contributed by atoms with E-state index in [9.17, 15) is 0 Å². The van der Waals surface area contributed by atoms with E-state index < -0.39 is 6.04 Å². The van der Waals surface area contributed by atoms with Crippen LogP contribution in [0.15, 0.2) is 84.9 Å². The zero-order valence-corrected chi connectivity index (χ0v) is 12.6. The zero-order valence-electron chi connectivity index (χ0n) is 17.6. The van der Waals surface area contributed by atoms with Crippen LogP contribution in [0, 0.1) is 6.92 Å². The van der Waals surface area contributed by atoms with Gasteiger partial charge in [-0.3, -0.25) is 4.98 Å². The van der Waals surface area contributed by atoms with Crippen LogP contribution >= 0.6 is 0 Å². The smallest absolute Gasteiger partial charge is 0.0708 e. The van der Waals surface area contributed by atoms with Gasteiger partial charge < -0.3 is 0 Å². The Morgan fingerprint density at radius 1 is 0.870 bits per heavy atom. The second kappa shape index (κ2) is 5.69. The molecule has 4 aromatic rings. The average molecular weight is 300 g/mol. The fourth-order valence-electron chi connectivity index (χ4n) is 2.77. The summed E-state index contributed by atoms with van der Waals surface area (Å²) >= 11 is 0. The highest BCUT2D eigenvalue weighted by atomic mass is 14.7. The Morgan fingerprint density at radius 3 is 2.48 bits per heavy atom. The van der Waals surface area contributed by atoms with Crippen molar-refractivity contribution in [3.63, 3.8) is 0 Å². The molecule has 0 bridgehead atoms. The molecule has 0 atom stereocenters. The number of hydrogen-bond acceptors (Lipinski definition) is 1. The molecule has 1 aromatic heterocycles. The first-order valence-corrected chi connectivity index (χ1v) is 7.41. The standard InChI is InChI=1S/C22H17N/c1-16-13-18-9-5-6-10-20(18)21(14-16)22-12-11-19(15-23-22)17-7-3-2-4-8-17/h2-15H,1H3/i2D,3D,4D,7D,8D. The van der Waals surface area contributed by atoms with Gasteiger partial charge in [0.05, 0.1) is 12.5 Å². The van der Waals surface area contributed by atoms with Crippen LogP contribution in [0.25, 0.3) is 33.2 Å². The van der Waals surface area contributed by atoms with E-state index in [4.69, 9.17) is 6.85 Å². The molecule has 0 spiro atoms. The second-order valence-corrected chi connectivity index (χ2v) is 5.47. The fourth-order valence-corrected chi connectivity index (χ4v) is 2.77. The maximum Gasteiger partial charge on any atom is 0.0708 e. The van der Waals surface area contributed by atoms with Crippen LogP contribution in [0.4, 0.5) is 0 Å². The number of fused-ring (bicyclic) bond motifs is 1. The molecule has 1 heteroatoms. The van der Waals surface area contributed by atoms with Crippen LogP contribution in [-0.4, -0.2) is 4.98 Å². The molecule has 0 N–H and O–H groups in total. The molecule has 1 heterocycles. The zero-order chi connectivity index (χ0) is 20.0. The Bertz CT molecular complexity index is 1190. The Kier molecular flexibility index (Phi) is 2.29. The van der Waals surface area contributed by atoms with Crippen molar-refractivity contribution in [3.05, 3.63) is 90.5 Å². The number of benzene rings is 3. The SMILES string of the molecule is [2H]c1c([2H])c([2H])c(-c2ccc(-c3cc(C)cc4ccccc34)nc2)c([2H])c1[2H]. The number of hydrogen-bond donors (Lipinski definition) is 0. The monoisotopic (exact) mass is 300 g/mol. The van der Waals surface area contributed by atoms with Gasteiger partial charge >= 0.3 is 0 Å². The normalized spacial score (nSPS) is 13.9. The van der Waals surface area contributed by atoms with Crippen LogP contribution in [0.3, 0.4) is 0 Å². The lowest BCUT2D eigenvalue weighted by molar-refractivity contribution is 1.33. The summed E-state index contributed by atoms with van der Waals surface area (Å²) < 4.78 is 39.7. The van der Waals surface area contributed by atoms with Gasteiger partial charge in [0.1, 0.15) is 0 Å². The van der Waals surface area contributed by atoms with Crippen LogP contribution in [0.1, 0.15) is 12.4 Å². The van der Waals surface area contributed by atoms with Crippen molar-refractivity contribution in [2.24, 2.45) is 0 Å². The minimum atomic E-state index is -0.394. The van der Waals surface area contributed by atoms with Crippen LogP contribution < -0.4 is 0 Å². The molecule has 3 aromatic carbocycles. The molecule has 0 saturated carbocycles. The molecule has 0 fully saturated rings. The average Bonchev–Trinajstić information content (AvgIpc) is 2.71.